The third-order valence-electron chi connectivity index (χ3n) is 2.65. The van der Waals surface area contributed by atoms with Crippen LogP contribution < -0.4 is 5.73 Å². The summed E-state index contributed by atoms with van der Waals surface area (Å²) < 4.78 is 0. The lowest BCUT2D eigenvalue weighted by molar-refractivity contribution is -0.137. The molecule has 0 aliphatic rings. The molecule has 0 bridgehead atoms. The fraction of sp³-hybridized carbons (Fsp3) is 0.462. The van der Waals surface area contributed by atoms with E-state index in [0.717, 1.165) is 18.5 Å². The van der Waals surface area contributed by atoms with Crippen molar-refractivity contribution in [3.05, 3.63) is 35.4 Å². The minimum atomic E-state index is -0.866. The standard InChI is InChI=1S/C13H20N2O2/c1-15(2)8-7-10-3-5-11(6-4-10)12(14)9-13(16)17/h3-6,12H,7-9,14H2,1-2H3,(H,16,17). The van der Waals surface area contributed by atoms with Crippen LogP contribution >= 0.6 is 0 Å². The molecule has 17 heavy (non-hydrogen) atoms. The van der Waals surface area contributed by atoms with Crippen molar-refractivity contribution in [2.45, 2.75) is 18.9 Å². The quantitative estimate of drug-likeness (QED) is 0.780. The van der Waals surface area contributed by atoms with Gasteiger partial charge in [0.2, 0.25) is 0 Å². The van der Waals surface area contributed by atoms with E-state index in [1.165, 1.54) is 5.56 Å². The van der Waals surface area contributed by atoms with Gasteiger partial charge in [-0.15, -0.1) is 0 Å². The van der Waals surface area contributed by atoms with E-state index >= 15 is 0 Å². The van der Waals surface area contributed by atoms with Crippen molar-refractivity contribution in [3.8, 4) is 0 Å². The first-order valence-corrected chi connectivity index (χ1v) is 5.70. The molecule has 0 saturated heterocycles. The SMILES string of the molecule is CN(C)CCc1ccc(C(N)CC(=O)O)cc1. The molecule has 4 nitrogen and oxygen atoms in total. The van der Waals surface area contributed by atoms with Gasteiger partial charge in [-0.2, -0.15) is 0 Å². The zero-order valence-electron chi connectivity index (χ0n) is 10.4. The van der Waals surface area contributed by atoms with E-state index < -0.39 is 12.0 Å². The summed E-state index contributed by atoms with van der Waals surface area (Å²) in [5.41, 5.74) is 7.90. The molecular weight excluding hydrogens is 216 g/mol. The third-order valence-corrected chi connectivity index (χ3v) is 2.65. The molecule has 0 fully saturated rings. The Bertz CT molecular complexity index is 360. The molecule has 1 aromatic carbocycles. The zero-order chi connectivity index (χ0) is 12.8. The summed E-state index contributed by atoms with van der Waals surface area (Å²) in [6, 6.07) is 7.44. The molecule has 4 heteroatoms. The maximum Gasteiger partial charge on any atom is 0.305 e. The van der Waals surface area contributed by atoms with Crippen LogP contribution in [-0.2, 0) is 11.2 Å². The monoisotopic (exact) mass is 236 g/mol. The molecule has 0 aliphatic carbocycles. The maximum atomic E-state index is 10.5. The van der Waals surface area contributed by atoms with Crippen LogP contribution in [0.4, 0.5) is 0 Å². The van der Waals surface area contributed by atoms with Crippen LogP contribution in [0, 0.1) is 0 Å². The summed E-state index contributed by atoms with van der Waals surface area (Å²) in [5, 5.41) is 8.66. The normalized spacial score (nSPS) is 12.7. The van der Waals surface area contributed by atoms with Gasteiger partial charge in [-0.25, -0.2) is 0 Å². The van der Waals surface area contributed by atoms with Gasteiger partial charge in [0.05, 0.1) is 6.42 Å². The lowest BCUT2D eigenvalue weighted by atomic mass is 10.0. The van der Waals surface area contributed by atoms with Gasteiger partial charge in [-0.3, -0.25) is 4.79 Å². The van der Waals surface area contributed by atoms with E-state index in [9.17, 15) is 4.79 Å². The highest BCUT2D eigenvalue weighted by atomic mass is 16.4. The number of rotatable bonds is 6. The van der Waals surface area contributed by atoms with Crippen molar-refractivity contribution < 1.29 is 9.90 Å². The topological polar surface area (TPSA) is 66.6 Å². The van der Waals surface area contributed by atoms with Crippen molar-refractivity contribution in [2.24, 2.45) is 5.73 Å². The fourth-order valence-electron chi connectivity index (χ4n) is 1.59. The summed E-state index contributed by atoms with van der Waals surface area (Å²) in [7, 11) is 4.08. The number of carboxylic acids is 1. The summed E-state index contributed by atoms with van der Waals surface area (Å²) in [6.07, 6.45) is 0.957. The van der Waals surface area contributed by atoms with Gasteiger partial charge in [-0.1, -0.05) is 24.3 Å². The largest absolute Gasteiger partial charge is 0.481 e. The number of hydrogen-bond acceptors (Lipinski definition) is 3. The van der Waals surface area contributed by atoms with Gasteiger partial charge in [0, 0.05) is 12.6 Å². The van der Waals surface area contributed by atoms with E-state index in [1.807, 2.05) is 38.4 Å². The van der Waals surface area contributed by atoms with E-state index in [4.69, 9.17) is 10.8 Å². The van der Waals surface area contributed by atoms with Crippen molar-refractivity contribution in [1.29, 1.82) is 0 Å². The lowest BCUT2D eigenvalue weighted by Gasteiger charge is -2.12. The molecule has 0 heterocycles. The Balaban J connectivity index is 2.58. The summed E-state index contributed by atoms with van der Waals surface area (Å²) >= 11 is 0. The zero-order valence-corrected chi connectivity index (χ0v) is 10.4. The number of carboxylic acid groups (broad SMARTS) is 1. The molecule has 1 aromatic rings. The van der Waals surface area contributed by atoms with Crippen LogP contribution in [0.3, 0.4) is 0 Å². The van der Waals surface area contributed by atoms with Crippen molar-refractivity contribution in [2.75, 3.05) is 20.6 Å². The highest BCUT2D eigenvalue weighted by molar-refractivity contribution is 5.67. The highest BCUT2D eigenvalue weighted by Gasteiger charge is 2.10. The predicted molar refractivity (Wildman–Crippen MR) is 67.9 cm³/mol. The molecule has 0 radical (unpaired) electrons. The van der Waals surface area contributed by atoms with Gasteiger partial charge in [0.15, 0.2) is 0 Å². The number of nitrogens with two attached hydrogens (primary N) is 1. The Morgan fingerprint density at radius 1 is 1.35 bits per heavy atom. The molecule has 1 atom stereocenters. The Morgan fingerprint density at radius 3 is 2.41 bits per heavy atom. The van der Waals surface area contributed by atoms with Crippen molar-refractivity contribution in [3.63, 3.8) is 0 Å². The average molecular weight is 236 g/mol. The first-order valence-electron chi connectivity index (χ1n) is 5.70. The lowest BCUT2D eigenvalue weighted by Crippen LogP contribution is -2.16. The molecular formula is C13H20N2O2. The van der Waals surface area contributed by atoms with E-state index in [-0.39, 0.29) is 6.42 Å². The van der Waals surface area contributed by atoms with Crippen molar-refractivity contribution in [1.82, 2.24) is 4.90 Å². The predicted octanol–water partition coefficient (Wildman–Crippen LogP) is 1.27. The number of likely N-dealkylation sites (N-methyl/N-ethyl adjacent to an activating group) is 1. The van der Waals surface area contributed by atoms with E-state index in [2.05, 4.69) is 4.90 Å². The molecule has 1 rings (SSSR count). The maximum absolute atomic E-state index is 10.5. The number of benzene rings is 1. The first-order chi connectivity index (χ1) is 7.99. The average Bonchev–Trinajstić information content (AvgIpc) is 2.26. The molecule has 0 aromatic heterocycles. The Hall–Kier alpha value is -1.39. The summed E-state index contributed by atoms with van der Waals surface area (Å²) in [6.45, 7) is 1.00. The molecule has 0 saturated carbocycles. The third kappa shape index (κ3) is 4.97. The summed E-state index contributed by atoms with van der Waals surface area (Å²) in [5.74, 6) is -0.866. The van der Waals surface area contributed by atoms with Crippen LogP contribution in [0.25, 0.3) is 0 Å². The Labute approximate surface area is 102 Å². The Morgan fingerprint density at radius 2 is 1.94 bits per heavy atom. The van der Waals surface area contributed by atoms with Crippen LogP contribution in [0.5, 0.6) is 0 Å². The number of carbonyl (C=O) groups is 1. The summed E-state index contributed by atoms with van der Waals surface area (Å²) in [4.78, 5) is 12.7. The second kappa shape index (κ2) is 6.37. The smallest absolute Gasteiger partial charge is 0.305 e. The second-order valence-corrected chi connectivity index (χ2v) is 4.50. The highest BCUT2D eigenvalue weighted by Crippen LogP contribution is 2.15. The van der Waals surface area contributed by atoms with Crippen LogP contribution in [0.15, 0.2) is 24.3 Å². The minimum Gasteiger partial charge on any atom is -0.481 e. The van der Waals surface area contributed by atoms with Crippen LogP contribution in [0.1, 0.15) is 23.6 Å². The fourth-order valence-corrected chi connectivity index (χ4v) is 1.59. The van der Waals surface area contributed by atoms with Gasteiger partial charge < -0.3 is 15.7 Å². The minimum absolute atomic E-state index is 0.0307. The molecule has 0 amide bonds. The van der Waals surface area contributed by atoms with Crippen LogP contribution in [-0.4, -0.2) is 36.6 Å². The molecule has 3 N–H and O–H groups in total. The van der Waals surface area contributed by atoms with Crippen molar-refractivity contribution >= 4 is 5.97 Å². The van der Waals surface area contributed by atoms with Gasteiger partial charge >= 0.3 is 5.97 Å². The molecule has 0 spiro atoms. The number of hydrogen-bond donors (Lipinski definition) is 2. The molecule has 0 aliphatic heterocycles. The van der Waals surface area contributed by atoms with Gasteiger partial charge in [0.1, 0.15) is 0 Å². The van der Waals surface area contributed by atoms with Crippen LogP contribution in [0.2, 0.25) is 0 Å². The van der Waals surface area contributed by atoms with E-state index in [0.29, 0.717) is 0 Å². The first kappa shape index (κ1) is 13.7. The van der Waals surface area contributed by atoms with Gasteiger partial charge in [-0.05, 0) is 31.6 Å². The second-order valence-electron chi connectivity index (χ2n) is 4.50. The van der Waals surface area contributed by atoms with E-state index in [1.54, 1.807) is 0 Å². The Kier molecular flexibility index (Phi) is 5.12. The number of nitrogens with zero attached hydrogens (tertiary/aromatic N) is 1. The molecule has 1 unspecified atom stereocenters. The number of aliphatic carboxylic acids is 1. The van der Waals surface area contributed by atoms with Gasteiger partial charge in [0.25, 0.3) is 0 Å². The molecule has 94 valence electrons.